The van der Waals surface area contributed by atoms with Gasteiger partial charge in [-0.1, -0.05) is 23.7 Å². The summed E-state index contributed by atoms with van der Waals surface area (Å²) >= 11 is 6.07. The van der Waals surface area contributed by atoms with E-state index in [2.05, 4.69) is 9.88 Å². The lowest BCUT2D eigenvalue weighted by molar-refractivity contribution is 0.0336. The van der Waals surface area contributed by atoms with E-state index in [9.17, 15) is 8.78 Å². The van der Waals surface area contributed by atoms with E-state index in [-0.39, 0.29) is 5.56 Å². The summed E-state index contributed by atoms with van der Waals surface area (Å²) in [5.74, 6) is -1.40. The lowest BCUT2D eigenvalue weighted by Gasteiger charge is -2.26. The Morgan fingerprint density at radius 2 is 1.61 bits per heavy atom. The van der Waals surface area contributed by atoms with Crippen LogP contribution in [0.2, 0.25) is 5.02 Å². The zero-order valence-corrected chi connectivity index (χ0v) is 17.3. The molecular weight excluding hydrogens is 422 g/mol. The van der Waals surface area contributed by atoms with Crippen LogP contribution in [0.25, 0.3) is 28.0 Å². The lowest BCUT2D eigenvalue weighted by atomic mass is 10.1. The highest BCUT2D eigenvalue weighted by Gasteiger charge is 2.20. The molecule has 5 rings (SSSR count). The number of aromatic nitrogens is 3. The van der Waals surface area contributed by atoms with Crippen molar-refractivity contribution < 1.29 is 13.5 Å². The molecule has 0 N–H and O–H groups in total. The van der Waals surface area contributed by atoms with Crippen molar-refractivity contribution >= 4 is 17.2 Å². The minimum Gasteiger partial charge on any atom is -0.379 e. The van der Waals surface area contributed by atoms with E-state index >= 15 is 0 Å². The van der Waals surface area contributed by atoms with E-state index in [1.54, 1.807) is 18.3 Å². The van der Waals surface area contributed by atoms with Gasteiger partial charge in [-0.2, -0.15) is 0 Å². The highest BCUT2D eigenvalue weighted by atomic mass is 35.5. The zero-order valence-electron chi connectivity index (χ0n) is 16.6. The third-order valence-corrected chi connectivity index (χ3v) is 5.71. The Bertz CT molecular complexity index is 1220. The molecule has 4 heterocycles. The molecule has 8 heteroatoms. The molecule has 1 aliphatic heterocycles. The quantitative estimate of drug-likeness (QED) is 0.456. The topological polar surface area (TPSA) is 42.7 Å². The zero-order chi connectivity index (χ0) is 21.4. The van der Waals surface area contributed by atoms with Gasteiger partial charge in [0.05, 0.1) is 42.6 Å². The Kier molecular flexibility index (Phi) is 5.40. The molecule has 5 nitrogen and oxygen atoms in total. The molecule has 0 unspecified atom stereocenters. The van der Waals surface area contributed by atoms with Crippen molar-refractivity contribution in [3.63, 3.8) is 0 Å². The van der Waals surface area contributed by atoms with Gasteiger partial charge in [-0.15, -0.1) is 0 Å². The van der Waals surface area contributed by atoms with Crippen LogP contribution in [0.3, 0.4) is 0 Å². The van der Waals surface area contributed by atoms with E-state index in [1.807, 2.05) is 28.7 Å². The molecule has 0 bridgehead atoms. The van der Waals surface area contributed by atoms with E-state index < -0.39 is 11.6 Å². The number of ether oxygens (including phenoxy) is 1. The molecule has 0 aliphatic carbocycles. The molecule has 3 aromatic heterocycles. The maximum absolute atomic E-state index is 14.4. The molecular formula is C23H19ClF2N4O. The van der Waals surface area contributed by atoms with Gasteiger partial charge < -0.3 is 9.14 Å². The van der Waals surface area contributed by atoms with Crippen LogP contribution >= 0.6 is 11.6 Å². The summed E-state index contributed by atoms with van der Waals surface area (Å²) in [6, 6.07) is 11.0. The van der Waals surface area contributed by atoms with Gasteiger partial charge in [-0.25, -0.2) is 13.8 Å². The SMILES string of the molecule is Fc1cncc(F)c1-c1ccc2nc(-c3ccc(Cl)cc3)c(CN3CCOCC3)n2c1. The summed E-state index contributed by atoms with van der Waals surface area (Å²) in [6.45, 7) is 3.59. The fraction of sp³-hybridized carbons (Fsp3) is 0.217. The maximum Gasteiger partial charge on any atom is 0.152 e. The minimum atomic E-state index is -0.702. The summed E-state index contributed by atoms with van der Waals surface area (Å²) in [7, 11) is 0. The minimum absolute atomic E-state index is 0.101. The van der Waals surface area contributed by atoms with Crippen LogP contribution in [-0.2, 0) is 11.3 Å². The van der Waals surface area contributed by atoms with Gasteiger partial charge in [0, 0.05) is 42.0 Å². The Hall–Kier alpha value is -2.87. The first-order chi connectivity index (χ1) is 15.1. The van der Waals surface area contributed by atoms with E-state index in [0.717, 1.165) is 42.4 Å². The Balaban J connectivity index is 1.67. The van der Waals surface area contributed by atoms with Crippen LogP contribution in [0.1, 0.15) is 5.69 Å². The Labute approximate surface area is 182 Å². The van der Waals surface area contributed by atoms with Crippen LogP contribution in [0.15, 0.2) is 55.0 Å². The number of benzene rings is 1. The third kappa shape index (κ3) is 3.92. The number of halogens is 3. The lowest BCUT2D eigenvalue weighted by Crippen LogP contribution is -2.36. The first-order valence-corrected chi connectivity index (χ1v) is 10.3. The van der Waals surface area contributed by atoms with Crippen molar-refractivity contribution in [1.29, 1.82) is 0 Å². The number of morpholine rings is 1. The molecule has 1 aliphatic rings. The molecule has 0 radical (unpaired) electrons. The number of nitrogens with zero attached hydrogens (tertiary/aromatic N) is 4. The first-order valence-electron chi connectivity index (χ1n) is 9.96. The van der Waals surface area contributed by atoms with Gasteiger partial charge in [-0.3, -0.25) is 9.88 Å². The smallest absolute Gasteiger partial charge is 0.152 e. The van der Waals surface area contributed by atoms with Gasteiger partial charge in [-0.05, 0) is 24.3 Å². The molecule has 0 amide bonds. The number of hydrogen-bond acceptors (Lipinski definition) is 4. The van der Waals surface area contributed by atoms with Crippen LogP contribution in [-0.4, -0.2) is 45.6 Å². The van der Waals surface area contributed by atoms with Crippen molar-refractivity contribution in [1.82, 2.24) is 19.3 Å². The highest BCUT2D eigenvalue weighted by molar-refractivity contribution is 6.30. The fourth-order valence-corrected chi connectivity index (χ4v) is 4.02. The standard InChI is InChI=1S/C23H19ClF2N4O/c24-17-4-1-15(2-5-17)23-20(14-29-7-9-31-10-8-29)30-13-16(3-6-21(30)28-23)22-18(25)11-27-12-19(22)26/h1-6,11-13H,7-10,14H2. The van der Waals surface area contributed by atoms with E-state index in [4.69, 9.17) is 21.3 Å². The van der Waals surface area contributed by atoms with Crippen molar-refractivity contribution in [3.8, 4) is 22.4 Å². The molecule has 0 spiro atoms. The number of hydrogen-bond donors (Lipinski definition) is 0. The molecule has 31 heavy (non-hydrogen) atoms. The summed E-state index contributed by atoms with van der Waals surface area (Å²) in [5.41, 5.74) is 3.71. The fourth-order valence-electron chi connectivity index (χ4n) is 3.89. The highest BCUT2D eigenvalue weighted by Crippen LogP contribution is 2.30. The van der Waals surface area contributed by atoms with Crippen molar-refractivity contribution in [2.24, 2.45) is 0 Å². The third-order valence-electron chi connectivity index (χ3n) is 5.45. The van der Waals surface area contributed by atoms with Crippen LogP contribution in [0, 0.1) is 11.6 Å². The Morgan fingerprint density at radius 3 is 2.32 bits per heavy atom. The average molecular weight is 441 g/mol. The van der Waals surface area contributed by atoms with Gasteiger partial charge in [0.15, 0.2) is 11.6 Å². The second-order valence-electron chi connectivity index (χ2n) is 7.43. The molecule has 0 atom stereocenters. The number of imidazole rings is 1. The molecule has 1 fully saturated rings. The number of rotatable bonds is 4. The van der Waals surface area contributed by atoms with Gasteiger partial charge in [0.1, 0.15) is 5.65 Å². The monoisotopic (exact) mass is 440 g/mol. The summed E-state index contributed by atoms with van der Waals surface area (Å²) in [4.78, 5) is 10.7. The second kappa shape index (κ2) is 8.34. The van der Waals surface area contributed by atoms with Gasteiger partial charge in [0.2, 0.25) is 0 Å². The van der Waals surface area contributed by atoms with Gasteiger partial charge >= 0.3 is 0 Å². The Morgan fingerprint density at radius 1 is 0.935 bits per heavy atom. The number of pyridine rings is 2. The van der Waals surface area contributed by atoms with Crippen molar-refractivity contribution in [3.05, 3.63) is 77.3 Å². The van der Waals surface area contributed by atoms with Crippen LogP contribution < -0.4 is 0 Å². The summed E-state index contributed by atoms with van der Waals surface area (Å²) in [6.07, 6.45) is 3.77. The van der Waals surface area contributed by atoms with Crippen molar-refractivity contribution in [2.45, 2.75) is 6.54 Å². The average Bonchev–Trinajstić information content (AvgIpc) is 3.13. The normalized spacial score (nSPS) is 14.9. The number of fused-ring (bicyclic) bond motifs is 1. The molecule has 158 valence electrons. The van der Waals surface area contributed by atoms with Crippen molar-refractivity contribution in [2.75, 3.05) is 26.3 Å². The molecule has 1 aromatic carbocycles. The predicted molar refractivity (Wildman–Crippen MR) is 115 cm³/mol. The largest absolute Gasteiger partial charge is 0.379 e. The van der Waals surface area contributed by atoms with E-state index in [1.165, 1.54) is 0 Å². The summed E-state index contributed by atoms with van der Waals surface area (Å²) < 4.78 is 36.1. The van der Waals surface area contributed by atoms with Crippen LogP contribution in [0.4, 0.5) is 8.78 Å². The predicted octanol–water partition coefficient (Wildman–Crippen LogP) is 4.83. The van der Waals surface area contributed by atoms with Gasteiger partial charge in [0.25, 0.3) is 0 Å². The molecule has 4 aromatic rings. The maximum atomic E-state index is 14.4. The molecule has 0 saturated carbocycles. The van der Waals surface area contributed by atoms with E-state index in [0.29, 0.717) is 36.0 Å². The first kappa shape index (κ1) is 20.1. The summed E-state index contributed by atoms with van der Waals surface area (Å²) in [5, 5.41) is 0.646. The van der Waals surface area contributed by atoms with Crippen LogP contribution in [0.5, 0.6) is 0 Å². The molecule has 1 saturated heterocycles. The second-order valence-corrected chi connectivity index (χ2v) is 7.86.